The highest BCUT2D eigenvalue weighted by Gasteiger charge is 2.45. The lowest BCUT2D eigenvalue weighted by Gasteiger charge is -2.35. The average molecular weight is 1120 g/mol. The van der Waals surface area contributed by atoms with Gasteiger partial charge in [-0.15, -0.1) is 21.5 Å². The fourth-order valence-corrected chi connectivity index (χ4v) is 11.5. The first kappa shape index (κ1) is 57.9. The highest BCUT2D eigenvalue weighted by atomic mass is 35.5. The van der Waals surface area contributed by atoms with Gasteiger partial charge >= 0.3 is 0 Å². The zero-order valence-corrected chi connectivity index (χ0v) is 47.2. The van der Waals surface area contributed by atoms with Crippen molar-refractivity contribution in [2.45, 2.75) is 142 Å². The second-order valence-corrected chi connectivity index (χ2v) is 23.4. The summed E-state index contributed by atoms with van der Waals surface area (Å²) >= 11 is 7.89. The van der Waals surface area contributed by atoms with Crippen molar-refractivity contribution in [3.63, 3.8) is 0 Å². The third-order valence-corrected chi connectivity index (χ3v) is 16.1. The Kier molecular flexibility index (Phi) is 18.5. The Morgan fingerprint density at radius 2 is 1.46 bits per heavy atom. The van der Waals surface area contributed by atoms with Crippen LogP contribution < -0.4 is 31.9 Å². The number of aryl methyl sites for hydroxylation is 2. The molecule has 5 aromatic rings. The van der Waals surface area contributed by atoms with Crippen molar-refractivity contribution in [3.8, 4) is 16.1 Å². The second kappa shape index (κ2) is 25.2. The summed E-state index contributed by atoms with van der Waals surface area (Å²) in [6, 6.07) is 17.6. The molecule has 0 spiro atoms. The van der Waals surface area contributed by atoms with Gasteiger partial charge in [0.1, 0.15) is 47.1 Å². The van der Waals surface area contributed by atoms with Crippen LogP contribution in [0.2, 0.25) is 5.02 Å². The van der Waals surface area contributed by atoms with Crippen molar-refractivity contribution in [2.75, 3.05) is 19.6 Å². The molecule has 3 aliphatic heterocycles. The molecule has 8 rings (SSSR count). The first-order valence-corrected chi connectivity index (χ1v) is 28.1. The number of aliphatic hydroxyl groups is 1. The minimum atomic E-state index is -1.31. The number of amides is 7. The predicted molar refractivity (Wildman–Crippen MR) is 302 cm³/mol. The van der Waals surface area contributed by atoms with E-state index in [1.807, 2.05) is 92.1 Å². The van der Waals surface area contributed by atoms with Gasteiger partial charge in [-0.2, -0.15) is 0 Å². The molecule has 7 amide bonds. The lowest BCUT2D eigenvalue weighted by atomic mass is 9.85. The molecule has 2 aromatic heterocycles. The van der Waals surface area contributed by atoms with Gasteiger partial charge < -0.3 is 41.9 Å². The van der Waals surface area contributed by atoms with E-state index in [9.17, 15) is 38.7 Å². The molecule has 2 fully saturated rings. The number of carbonyl (C=O) groups is 7. The van der Waals surface area contributed by atoms with Crippen LogP contribution in [0.3, 0.4) is 0 Å². The van der Waals surface area contributed by atoms with Crippen LogP contribution in [-0.4, -0.2) is 128 Å². The number of aliphatic imine (C=N–C) groups is 1. The van der Waals surface area contributed by atoms with Crippen LogP contribution in [0.25, 0.3) is 16.1 Å². The zero-order valence-electron chi connectivity index (χ0n) is 45.7. The van der Waals surface area contributed by atoms with Crippen molar-refractivity contribution in [1.82, 2.24) is 51.6 Å². The first-order chi connectivity index (χ1) is 37.7. The van der Waals surface area contributed by atoms with Crippen LogP contribution in [0.4, 0.5) is 0 Å². The van der Waals surface area contributed by atoms with Crippen LogP contribution in [0, 0.1) is 26.2 Å². The molecule has 21 heteroatoms. The molecule has 79 heavy (non-hydrogen) atoms. The van der Waals surface area contributed by atoms with E-state index >= 15 is 0 Å². The summed E-state index contributed by atoms with van der Waals surface area (Å²) in [5.41, 5.74) is 5.16. The number of nitrogens with one attached hydrogen (secondary N) is 6. The van der Waals surface area contributed by atoms with Crippen molar-refractivity contribution < 1.29 is 38.7 Å². The highest BCUT2D eigenvalue weighted by Crippen LogP contribution is 2.40. The van der Waals surface area contributed by atoms with E-state index in [2.05, 4.69) is 42.1 Å². The van der Waals surface area contributed by atoms with Gasteiger partial charge in [0.25, 0.3) is 0 Å². The lowest BCUT2D eigenvalue weighted by Crippen LogP contribution is -2.60. The normalized spacial score (nSPS) is 23.1. The van der Waals surface area contributed by atoms with Gasteiger partial charge in [0.05, 0.1) is 18.2 Å². The van der Waals surface area contributed by atoms with Gasteiger partial charge in [-0.05, 0) is 80.3 Å². The summed E-state index contributed by atoms with van der Waals surface area (Å²) in [7, 11) is 0. The number of aromatic nitrogens is 3. The Morgan fingerprint density at radius 3 is 2.16 bits per heavy atom. The van der Waals surface area contributed by atoms with Gasteiger partial charge in [-0.3, -0.25) is 43.1 Å². The summed E-state index contributed by atoms with van der Waals surface area (Å²) < 4.78 is 1.93. The van der Waals surface area contributed by atoms with Crippen LogP contribution in [0.15, 0.2) is 83.9 Å². The summed E-state index contributed by atoms with van der Waals surface area (Å²) in [6.45, 7) is 12.5. The Hall–Kier alpha value is -7.29. The first-order valence-electron chi connectivity index (χ1n) is 26.9. The molecule has 0 bridgehead atoms. The molecule has 0 radical (unpaired) electrons. The molecular formula is C58H70ClN11O8S. The van der Waals surface area contributed by atoms with Crippen LogP contribution in [-0.2, 0) is 40.0 Å². The van der Waals surface area contributed by atoms with Crippen molar-refractivity contribution >= 4 is 70.0 Å². The summed E-state index contributed by atoms with van der Waals surface area (Å²) in [5.74, 6) is -3.09. The molecule has 5 heterocycles. The molecular weight excluding hydrogens is 1050 g/mol. The van der Waals surface area contributed by atoms with Crippen LogP contribution >= 0.6 is 22.9 Å². The van der Waals surface area contributed by atoms with E-state index in [4.69, 9.17) is 16.6 Å². The van der Waals surface area contributed by atoms with E-state index in [0.717, 1.165) is 37.7 Å². The monoisotopic (exact) mass is 1120 g/mol. The fraction of sp³-hybridized carbons (Fsp3) is 0.448. The Morgan fingerprint density at radius 1 is 0.785 bits per heavy atom. The molecule has 0 unspecified atom stereocenters. The number of aliphatic hydroxyl groups excluding tert-OH is 1. The highest BCUT2D eigenvalue weighted by molar-refractivity contribution is 7.15. The van der Waals surface area contributed by atoms with E-state index in [0.29, 0.717) is 53.6 Å². The van der Waals surface area contributed by atoms with E-state index in [-0.39, 0.29) is 51.2 Å². The third kappa shape index (κ3) is 13.9. The van der Waals surface area contributed by atoms with Crippen molar-refractivity contribution in [1.29, 1.82) is 0 Å². The smallest absolute Gasteiger partial charge is 0.246 e. The van der Waals surface area contributed by atoms with Crippen molar-refractivity contribution in [3.05, 3.63) is 123 Å². The topological polar surface area (TPSA) is 258 Å². The van der Waals surface area contributed by atoms with Gasteiger partial charge in [-0.25, -0.2) is 0 Å². The van der Waals surface area contributed by atoms with E-state index < -0.39 is 83.2 Å². The second-order valence-electron chi connectivity index (χ2n) is 21.8. The molecule has 19 nitrogen and oxygen atoms in total. The molecule has 7 N–H and O–H groups in total. The summed E-state index contributed by atoms with van der Waals surface area (Å²) in [5, 5.41) is 38.1. The number of thiophene rings is 1. The van der Waals surface area contributed by atoms with Gasteiger partial charge in [0, 0.05) is 59.9 Å². The third-order valence-electron chi connectivity index (χ3n) is 14.7. The number of benzene rings is 3. The number of fused-ring (bicyclic) bond motifs is 4. The summed E-state index contributed by atoms with van der Waals surface area (Å²) in [4.78, 5) is 107. The maximum absolute atomic E-state index is 14.5. The van der Waals surface area contributed by atoms with Crippen molar-refractivity contribution in [2.24, 2.45) is 10.4 Å². The summed E-state index contributed by atoms with van der Waals surface area (Å²) in [6.07, 6.45) is 1.02. The fourth-order valence-electron chi connectivity index (χ4n) is 10.1. The number of carbonyl (C=O) groups excluding carboxylic acids is 7. The molecule has 7 atom stereocenters. The minimum absolute atomic E-state index is 0.0302. The standard InChI is InChI=1S/C58H70ClN11O8S/c1-32-34(3)79-57-48(32)49(39-22-24-40(59)25-23-39)63-42(51-68-67-35(4)70(51)57)29-47(73)61-30-44-53(75)60-26-14-9-8-13-17-46(72)66-50(58(5,6)7)56(78)69-31-41(71)28-45(69)55(77)64-43(54(76)62-33(2)52(74)65-44)27-36-18-20-38(21-19-36)37-15-11-10-12-16-37/h10-12,15-16,18-25,33,41-45,50,71H,8-9,13-14,17,26-31H2,1-7H3,(H,60,75)(H,61,73)(H,62,76)(H,64,77)(H,65,74)(H,66,72)/t33-,41-,42+,43-,44-,45+,50-/m1/s1. The number of hydrogen-bond acceptors (Lipinski definition) is 12. The Balaban J connectivity index is 1.04. The van der Waals surface area contributed by atoms with E-state index in [1.54, 1.807) is 44.2 Å². The van der Waals surface area contributed by atoms with Gasteiger partial charge in [-0.1, -0.05) is 112 Å². The molecule has 0 saturated carbocycles. The predicted octanol–water partition coefficient (Wildman–Crippen LogP) is 5.26. The lowest BCUT2D eigenvalue weighted by molar-refractivity contribution is -0.144. The zero-order chi connectivity index (χ0) is 56.7. The van der Waals surface area contributed by atoms with Gasteiger partial charge in [0.2, 0.25) is 41.4 Å². The maximum atomic E-state index is 14.5. The van der Waals surface area contributed by atoms with Gasteiger partial charge in [0.15, 0.2) is 5.82 Å². The van der Waals surface area contributed by atoms with E-state index in [1.165, 1.54) is 11.8 Å². The number of nitrogens with zero attached hydrogens (tertiary/aromatic N) is 5. The largest absolute Gasteiger partial charge is 0.391 e. The molecule has 2 saturated heterocycles. The number of rotatable bonds is 8. The van der Waals surface area contributed by atoms with Crippen LogP contribution in [0.1, 0.15) is 117 Å². The number of hydrogen-bond donors (Lipinski definition) is 7. The number of halogens is 1. The quantitative estimate of drug-likeness (QED) is 0.106. The van der Waals surface area contributed by atoms with Crippen LogP contribution in [0.5, 0.6) is 0 Å². The molecule has 418 valence electrons. The minimum Gasteiger partial charge on any atom is -0.391 e. The Bertz CT molecular complexity index is 3100. The average Bonchev–Trinajstić information content (AvgIpc) is 4.09. The molecule has 3 aromatic carbocycles. The molecule has 0 aliphatic carbocycles. The SMILES string of the molecule is Cc1sc2c(c1C)C(c1ccc(Cl)cc1)=N[C@@H](CC(=O)NC[C@H]1NC(=O)[C@@H](C)NC(=O)[C@@H](Cc3ccc(-c4ccccc4)cc3)NC(=O)[C@@H]3C[C@@H](O)CN3C(=O)[C@H](C(C)(C)C)NC(=O)CCCCCCNC1=O)c1nnc(C)n1-2. The maximum Gasteiger partial charge on any atom is 0.246 e. The molecule has 3 aliphatic rings. The Labute approximate surface area is 469 Å².